The number of fused-ring (bicyclic) bond motifs is 1. The zero-order chi connectivity index (χ0) is 14.2. The van der Waals surface area contributed by atoms with E-state index in [0.29, 0.717) is 24.7 Å². The molecule has 19 heavy (non-hydrogen) atoms. The first kappa shape index (κ1) is 14.6. The van der Waals surface area contributed by atoms with Crippen LogP contribution in [0.1, 0.15) is 32.0 Å². The molecule has 0 spiro atoms. The van der Waals surface area contributed by atoms with Crippen molar-refractivity contribution in [2.45, 2.75) is 39.3 Å². The maximum atomic E-state index is 12.0. The summed E-state index contributed by atoms with van der Waals surface area (Å²) in [5.74, 6) is 0. The Morgan fingerprint density at radius 1 is 1.53 bits per heavy atom. The van der Waals surface area contributed by atoms with E-state index in [1.54, 1.807) is 4.90 Å². The number of hydrogen-bond acceptors (Lipinski definition) is 3. The van der Waals surface area contributed by atoms with E-state index in [-0.39, 0.29) is 6.09 Å². The third-order valence-corrected chi connectivity index (χ3v) is 3.85. The van der Waals surface area contributed by atoms with Crippen molar-refractivity contribution in [3.63, 3.8) is 0 Å². The van der Waals surface area contributed by atoms with Crippen molar-refractivity contribution in [3.8, 4) is 0 Å². The average molecular weight is 348 g/mol. The first-order valence-electron chi connectivity index (χ1n) is 6.08. The van der Waals surface area contributed by atoms with Crippen molar-refractivity contribution in [2.24, 2.45) is 0 Å². The molecule has 6 heteroatoms. The Balaban J connectivity index is 2.14. The van der Waals surface area contributed by atoms with Crippen molar-refractivity contribution in [2.75, 3.05) is 6.54 Å². The number of amides is 1. The minimum Gasteiger partial charge on any atom is -0.444 e. The molecule has 0 bridgehead atoms. The normalized spacial score (nSPS) is 15.1. The first-order chi connectivity index (χ1) is 8.76. The predicted octanol–water partition coefficient (Wildman–Crippen LogP) is 3.79. The summed E-state index contributed by atoms with van der Waals surface area (Å²) in [7, 11) is 0. The summed E-state index contributed by atoms with van der Waals surface area (Å²) >= 11 is 9.32. The zero-order valence-electron chi connectivity index (χ0n) is 11.2. The molecule has 1 aliphatic rings. The van der Waals surface area contributed by atoms with Crippen LogP contribution in [0.2, 0.25) is 5.15 Å². The number of carbonyl (C=O) groups excluding carboxylic acids is 1. The van der Waals surface area contributed by atoms with E-state index in [1.165, 1.54) is 0 Å². The van der Waals surface area contributed by atoms with Crippen LogP contribution >= 0.6 is 27.5 Å². The van der Waals surface area contributed by atoms with Gasteiger partial charge in [-0.25, -0.2) is 9.78 Å². The van der Waals surface area contributed by atoms with Gasteiger partial charge in [-0.3, -0.25) is 0 Å². The van der Waals surface area contributed by atoms with E-state index < -0.39 is 5.60 Å². The molecule has 2 heterocycles. The third-order valence-electron chi connectivity index (χ3n) is 2.73. The molecule has 0 aliphatic carbocycles. The van der Waals surface area contributed by atoms with E-state index in [2.05, 4.69) is 20.9 Å². The van der Waals surface area contributed by atoms with Crippen LogP contribution in [0.5, 0.6) is 0 Å². The fraction of sp³-hybridized carbons (Fsp3) is 0.538. The maximum absolute atomic E-state index is 12.0. The minimum absolute atomic E-state index is 0.288. The molecule has 4 nitrogen and oxygen atoms in total. The highest BCUT2D eigenvalue weighted by Crippen LogP contribution is 2.27. The van der Waals surface area contributed by atoms with Crippen LogP contribution in [0.15, 0.2) is 10.5 Å². The average Bonchev–Trinajstić information content (AvgIpc) is 2.27. The summed E-state index contributed by atoms with van der Waals surface area (Å²) in [6, 6.07) is 1.92. The van der Waals surface area contributed by atoms with Gasteiger partial charge in [-0.1, -0.05) is 11.6 Å². The Bertz CT molecular complexity index is 514. The Kier molecular flexibility index (Phi) is 4.06. The van der Waals surface area contributed by atoms with Crippen molar-refractivity contribution < 1.29 is 9.53 Å². The van der Waals surface area contributed by atoms with Crippen LogP contribution in [0.25, 0.3) is 0 Å². The Labute approximate surface area is 126 Å². The molecule has 0 saturated heterocycles. The molecule has 104 valence electrons. The highest BCUT2D eigenvalue weighted by atomic mass is 79.9. The largest absolute Gasteiger partial charge is 0.444 e. The number of carbonyl (C=O) groups is 1. The molecular weight excluding hydrogens is 332 g/mol. The summed E-state index contributed by atoms with van der Waals surface area (Å²) in [6.07, 6.45) is 0.408. The maximum Gasteiger partial charge on any atom is 0.410 e. The van der Waals surface area contributed by atoms with Crippen LogP contribution in [-0.2, 0) is 17.7 Å². The number of ether oxygens (including phenoxy) is 1. The van der Waals surface area contributed by atoms with Gasteiger partial charge in [0, 0.05) is 18.7 Å². The molecule has 0 atom stereocenters. The molecule has 1 aromatic rings. The number of nitrogens with zero attached hydrogens (tertiary/aromatic N) is 2. The molecule has 0 aromatic carbocycles. The minimum atomic E-state index is -0.476. The van der Waals surface area contributed by atoms with E-state index in [9.17, 15) is 4.79 Å². The summed E-state index contributed by atoms with van der Waals surface area (Å²) in [4.78, 5) is 18.0. The van der Waals surface area contributed by atoms with Crippen molar-refractivity contribution in [1.82, 2.24) is 9.88 Å². The Morgan fingerprint density at radius 2 is 2.21 bits per heavy atom. The quantitative estimate of drug-likeness (QED) is 0.671. The summed E-state index contributed by atoms with van der Waals surface area (Å²) in [5.41, 5.74) is 1.48. The van der Waals surface area contributed by atoms with Gasteiger partial charge in [0.1, 0.15) is 10.8 Å². The second-order valence-electron chi connectivity index (χ2n) is 5.52. The van der Waals surface area contributed by atoms with E-state index in [4.69, 9.17) is 16.3 Å². The van der Waals surface area contributed by atoms with Gasteiger partial charge < -0.3 is 9.64 Å². The SMILES string of the molecule is CC(C)(C)OC(=O)N1CCc2nc(Cl)c(Br)cc2C1. The van der Waals surface area contributed by atoms with Crippen LogP contribution in [-0.4, -0.2) is 28.1 Å². The van der Waals surface area contributed by atoms with E-state index >= 15 is 0 Å². The van der Waals surface area contributed by atoms with Crippen LogP contribution in [0, 0.1) is 0 Å². The van der Waals surface area contributed by atoms with Gasteiger partial charge in [0.25, 0.3) is 0 Å². The smallest absolute Gasteiger partial charge is 0.410 e. The lowest BCUT2D eigenvalue weighted by molar-refractivity contribution is 0.0223. The second-order valence-corrected chi connectivity index (χ2v) is 6.73. The highest BCUT2D eigenvalue weighted by molar-refractivity contribution is 9.10. The predicted molar refractivity (Wildman–Crippen MR) is 77.3 cm³/mol. The monoisotopic (exact) mass is 346 g/mol. The van der Waals surface area contributed by atoms with E-state index in [0.717, 1.165) is 15.7 Å². The molecule has 1 amide bonds. The summed E-state index contributed by atoms with van der Waals surface area (Å²) in [5, 5.41) is 0.462. The number of pyridine rings is 1. The van der Waals surface area contributed by atoms with Gasteiger partial charge in [0.2, 0.25) is 0 Å². The molecular formula is C13H16BrClN2O2. The third kappa shape index (κ3) is 3.60. The lowest BCUT2D eigenvalue weighted by atomic mass is 10.1. The van der Waals surface area contributed by atoms with Gasteiger partial charge in [-0.15, -0.1) is 0 Å². The Hall–Kier alpha value is -0.810. The first-order valence-corrected chi connectivity index (χ1v) is 7.25. The fourth-order valence-corrected chi connectivity index (χ4v) is 2.42. The van der Waals surface area contributed by atoms with Crippen molar-refractivity contribution >= 4 is 33.6 Å². The zero-order valence-corrected chi connectivity index (χ0v) is 13.5. The highest BCUT2D eigenvalue weighted by Gasteiger charge is 2.26. The summed E-state index contributed by atoms with van der Waals surface area (Å²) < 4.78 is 6.12. The lowest BCUT2D eigenvalue weighted by Crippen LogP contribution is -2.40. The van der Waals surface area contributed by atoms with Crippen molar-refractivity contribution in [3.05, 3.63) is 26.9 Å². The standard InChI is InChI=1S/C13H16BrClN2O2/c1-13(2,3)19-12(18)17-5-4-10-8(7-17)6-9(14)11(15)16-10/h6H,4-5,7H2,1-3H3. The molecule has 0 radical (unpaired) electrons. The van der Waals surface area contributed by atoms with Crippen LogP contribution < -0.4 is 0 Å². The number of halogens is 2. The van der Waals surface area contributed by atoms with Gasteiger partial charge in [0.05, 0.1) is 11.0 Å². The topological polar surface area (TPSA) is 42.4 Å². The number of rotatable bonds is 0. The van der Waals surface area contributed by atoms with Crippen LogP contribution in [0.3, 0.4) is 0 Å². The molecule has 0 saturated carbocycles. The van der Waals surface area contributed by atoms with Gasteiger partial charge in [-0.05, 0) is 48.3 Å². The van der Waals surface area contributed by atoms with Crippen molar-refractivity contribution in [1.29, 1.82) is 0 Å². The molecule has 0 N–H and O–H groups in total. The second kappa shape index (κ2) is 5.29. The molecule has 0 unspecified atom stereocenters. The lowest BCUT2D eigenvalue weighted by Gasteiger charge is -2.30. The number of aromatic nitrogens is 1. The van der Waals surface area contributed by atoms with E-state index in [1.807, 2.05) is 26.8 Å². The molecule has 2 rings (SSSR count). The van der Waals surface area contributed by atoms with Gasteiger partial charge in [0.15, 0.2) is 0 Å². The molecule has 1 aliphatic heterocycles. The number of hydrogen-bond donors (Lipinski definition) is 0. The van der Waals surface area contributed by atoms with Crippen LogP contribution in [0.4, 0.5) is 4.79 Å². The Morgan fingerprint density at radius 3 is 2.84 bits per heavy atom. The molecule has 0 fully saturated rings. The summed E-state index contributed by atoms with van der Waals surface area (Å²) in [6.45, 7) is 6.70. The van der Waals surface area contributed by atoms with Gasteiger partial charge in [-0.2, -0.15) is 0 Å². The van der Waals surface area contributed by atoms with Gasteiger partial charge >= 0.3 is 6.09 Å². The molecule has 1 aromatic heterocycles. The fourth-order valence-electron chi connectivity index (χ4n) is 1.90.